The number of hydrogen-bond acceptors (Lipinski definition) is 3. The molecule has 24 heavy (non-hydrogen) atoms. The number of aliphatic hydroxyl groups is 1. The Morgan fingerprint density at radius 1 is 1.17 bits per heavy atom. The van der Waals surface area contributed by atoms with E-state index in [4.69, 9.17) is 0 Å². The Kier molecular flexibility index (Phi) is 4.44. The van der Waals surface area contributed by atoms with Crippen molar-refractivity contribution in [3.63, 3.8) is 0 Å². The van der Waals surface area contributed by atoms with E-state index >= 15 is 0 Å². The number of amides is 1. The van der Waals surface area contributed by atoms with E-state index in [0.29, 0.717) is 5.56 Å². The highest BCUT2D eigenvalue weighted by Gasteiger charge is 2.16. The Morgan fingerprint density at radius 2 is 1.83 bits per heavy atom. The van der Waals surface area contributed by atoms with Gasteiger partial charge in [-0.1, -0.05) is 48.5 Å². The van der Waals surface area contributed by atoms with Crippen molar-refractivity contribution in [2.45, 2.75) is 13.0 Å². The van der Waals surface area contributed by atoms with E-state index in [1.54, 1.807) is 30.5 Å². The number of hydrogen-bond donors (Lipinski definition) is 2. The van der Waals surface area contributed by atoms with Gasteiger partial charge in [0.1, 0.15) is 0 Å². The molecular weight excluding hydrogens is 302 g/mol. The Hall–Kier alpha value is -2.92. The average molecular weight is 321 g/mol. The molecule has 1 amide bonds. The number of nitrogens with one attached hydrogen (secondary N) is 1. The first-order valence-electron chi connectivity index (χ1n) is 7.69. The molecule has 1 unspecified atom stereocenters. The molecule has 0 bridgehead atoms. The number of aryl methyl sites for hydroxylation is 1. The summed E-state index contributed by atoms with van der Waals surface area (Å²) in [6.07, 6.45) is 0.379. The summed E-state index contributed by atoms with van der Waals surface area (Å²) in [6.45, 7) is 2.00. The molecule has 5 heteroatoms. The highest BCUT2D eigenvalue weighted by atomic mass is 16.3. The maximum atomic E-state index is 12.0. The molecule has 0 saturated carbocycles. The Balaban J connectivity index is 1.78. The summed E-state index contributed by atoms with van der Waals surface area (Å²) >= 11 is 0. The molecule has 5 nitrogen and oxygen atoms in total. The molecule has 0 saturated heterocycles. The fraction of sp³-hybridized carbons (Fsp3) is 0.158. The number of fused-ring (bicyclic) bond motifs is 1. The van der Waals surface area contributed by atoms with E-state index in [0.717, 1.165) is 22.2 Å². The predicted molar refractivity (Wildman–Crippen MR) is 94.8 cm³/mol. The molecule has 3 rings (SSSR count). The zero-order valence-electron chi connectivity index (χ0n) is 13.6. The predicted octanol–water partition coefficient (Wildman–Crippen LogP) is 2.67. The lowest BCUT2D eigenvalue weighted by molar-refractivity contribution is -0.129. The molecule has 2 aromatic carbocycles. The molecular formula is C19H19N3O2. The van der Waals surface area contributed by atoms with Crippen molar-refractivity contribution in [1.29, 1.82) is 0 Å². The summed E-state index contributed by atoms with van der Waals surface area (Å²) in [5.74, 6) is -0.560. The van der Waals surface area contributed by atoms with Crippen LogP contribution in [0, 0.1) is 6.92 Å². The van der Waals surface area contributed by atoms with Gasteiger partial charge in [0.05, 0.1) is 6.21 Å². The highest BCUT2D eigenvalue weighted by molar-refractivity contribution is 6.01. The highest BCUT2D eigenvalue weighted by Crippen LogP contribution is 2.23. The Morgan fingerprint density at radius 3 is 2.58 bits per heavy atom. The quantitative estimate of drug-likeness (QED) is 0.573. The monoisotopic (exact) mass is 321 g/mol. The van der Waals surface area contributed by atoms with Gasteiger partial charge in [-0.3, -0.25) is 4.79 Å². The first-order valence-corrected chi connectivity index (χ1v) is 7.69. The molecule has 2 N–H and O–H groups in total. The molecule has 0 aliphatic carbocycles. The lowest BCUT2D eigenvalue weighted by atomic mass is 10.1. The van der Waals surface area contributed by atoms with E-state index in [-0.39, 0.29) is 0 Å². The van der Waals surface area contributed by atoms with Crippen molar-refractivity contribution in [3.05, 3.63) is 71.4 Å². The van der Waals surface area contributed by atoms with Gasteiger partial charge in [-0.25, -0.2) is 5.43 Å². The number of hydrazone groups is 1. The van der Waals surface area contributed by atoms with Crippen molar-refractivity contribution < 1.29 is 9.90 Å². The van der Waals surface area contributed by atoms with Crippen molar-refractivity contribution in [2.24, 2.45) is 12.1 Å². The number of carbonyl (C=O) groups is 1. The number of rotatable bonds is 4. The molecule has 1 heterocycles. The van der Waals surface area contributed by atoms with Gasteiger partial charge in [-0.15, -0.1) is 0 Å². The summed E-state index contributed by atoms with van der Waals surface area (Å²) in [6, 6.07) is 16.8. The average Bonchev–Trinajstić information content (AvgIpc) is 2.87. The zero-order valence-corrected chi connectivity index (χ0v) is 13.6. The van der Waals surface area contributed by atoms with E-state index in [9.17, 15) is 9.90 Å². The van der Waals surface area contributed by atoms with Crippen LogP contribution in [0.3, 0.4) is 0 Å². The molecule has 0 fully saturated rings. The van der Waals surface area contributed by atoms with Crippen LogP contribution in [0.5, 0.6) is 0 Å². The standard InChI is InChI=1S/C19H19N3O2/c1-13-16(15-10-6-7-11-17(15)22(13)2)12-20-21-19(24)18(23)14-8-4-3-5-9-14/h3-12,18,23H,1-2H3,(H,21,24)/b20-12+. The van der Waals surface area contributed by atoms with Gasteiger partial charge < -0.3 is 9.67 Å². The number of nitrogens with zero attached hydrogens (tertiary/aromatic N) is 2. The summed E-state index contributed by atoms with van der Waals surface area (Å²) < 4.78 is 2.08. The first kappa shape index (κ1) is 16.0. The van der Waals surface area contributed by atoms with Crippen LogP contribution in [0.15, 0.2) is 59.7 Å². The first-order chi connectivity index (χ1) is 11.6. The third kappa shape index (κ3) is 2.94. The fourth-order valence-electron chi connectivity index (χ4n) is 2.72. The molecule has 122 valence electrons. The number of aliphatic hydroxyl groups excluding tert-OH is 1. The second-order valence-corrected chi connectivity index (χ2v) is 5.62. The number of carbonyl (C=O) groups excluding carboxylic acids is 1. The largest absolute Gasteiger partial charge is 0.378 e. The summed E-state index contributed by atoms with van der Waals surface area (Å²) in [7, 11) is 1.99. The van der Waals surface area contributed by atoms with Crippen LogP contribution < -0.4 is 5.43 Å². The fourth-order valence-corrected chi connectivity index (χ4v) is 2.72. The smallest absolute Gasteiger partial charge is 0.273 e. The molecule has 1 atom stereocenters. The van der Waals surface area contributed by atoms with E-state index in [2.05, 4.69) is 15.1 Å². The lowest BCUT2D eigenvalue weighted by Crippen LogP contribution is -2.25. The van der Waals surface area contributed by atoms with Gasteiger partial charge in [-0.05, 0) is 18.6 Å². The number of aromatic nitrogens is 1. The van der Waals surface area contributed by atoms with Crippen LogP contribution in [-0.2, 0) is 11.8 Å². The van der Waals surface area contributed by atoms with E-state index < -0.39 is 12.0 Å². The van der Waals surface area contributed by atoms with Gasteiger partial charge in [0.25, 0.3) is 5.91 Å². The van der Waals surface area contributed by atoms with Crippen molar-refractivity contribution >= 4 is 23.0 Å². The van der Waals surface area contributed by atoms with Gasteiger partial charge >= 0.3 is 0 Å². The maximum Gasteiger partial charge on any atom is 0.273 e. The van der Waals surface area contributed by atoms with Crippen molar-refractivity contribution in [3.8, 4) is 0 Å². The van der Waals surface area contributed by atoms with E-state index in [1.165, 1.54) is 0 Å². The summed E-state index contributed by atoms with van der Waals surface area (Å²) in [5, 5.41) is 15.1. The molecule has 0 aliphatic rings. The molecule has 0 aliphatic heterocycles. The number of benzene rings is 2. The summed E-state index contributed by atoms with van der Waals surface area (Å²) in [4.78, 5) is 12.0. The Bertz CT molecular complexity index is 898. The van der Waals surface area contributed by atoms with Gasteiger partial charge in [0.2, 0.25) is 0 Å². The maximum absolute atomic E-state index is 12.0. The van der Waals surface area contributed by atoms with Crippen molar-refractivity contribution in [1.82, 2.24) is 9.99 Å². The second kappa shape index (κ2) is 6.68. The Labute approximate surface area is 140 Å². The topological polar surface area (TPSA) is 66.6 Å². The van der Waals surface area contributed by atoms with Gasteiger partial charge in [0, 0.05) is 29.2 Å². The third-order valence-corrected chi connectivity index (χ3v) is 4.18. The van der Waals surface area contributed by atoms with Crippen LogP contribution >= 0.6 is 0 Å². The molecule has 0 spiro atoms. The normalized spacial score (nSPS) is 12.6. The SMILES string of the molecule is Cc1c(/C=N/NC(=O)C(O)c2ccccc2)c2ccccc2n1C. The van der Waals surface area contributed by atoms with Crippen LogP contribution in [-0.4, -0.2) is 21.8 Å². The minimum atomic E-state index is -1.24. The minimum absolute atomic E-state index is 0.534. The lowest BCUT2D eigenvalue weighted by Gasteiger charge is -2.08. The molecule has 3 aromatic rings. The third-order valence-electron chi connectivity index (χ3n) is 4.18. The van der Waals surface area contributed by atoms with Gasteiger partial charge in [0.15, 0.2) is 6.10 Å². The zero-order chi connectivity index (χ0) is 17.1. The van der Waals surface area contributed by atoms with Gasteiger partial charge in [-0.2, -0.15) is 5.10 Å². The second-order valence-electron chi connectivity index (χ2n) is 5.62. The molecule has 0 radical (unpaired) electrons. The van der Waals surface area contributed by atoms with Crippen LogP contribution in [0.1, 0.15) is 22.9 Å². The van der Waals surface area contributed by atoms with Crippen LogP contribution in [0.25, 0.3) is 10.9 Å². The van der Waals surface area contributed by atoms with E-state index in [1.807, 2.05) is 44.3 Å². The minimum Gasteiger partial charge on any atom is -0.378 e. The molecule has 1 aromatic heterocycles. The van der Waals surface area contributed by atoms with Crippen LogP contribution in [0.2, 0.25) is 0 Å². The number of para-hydroxylation sites is 1. The summed E-state index contributed by atoms with van der Waals surface area (Å²) in [5.41, 5.74) is 6.04. The van der Waals surface area contributed by atoms with Crippen molar-refractivity contribution in [2.75, 3.05) is 0 Å². The van der Waals surface area contributed by atoms with Crippen LogP contribution in [0.4, 0.5) is 0 Å².